The van der Waals surface area contributed by atoms with Gasteiger partial charge in [-0.05, 0) is 6.42 Å². The largest absolute Gasteiger partial charge is 0.468 e. The Bertz CT molecular complexity index is 462. The van der Waals surface area contributed by atoms with Crippen LogP contribution in [0.2, 0.25) is 0 Å². The Balaban J connectivity index is 3.54. The first-order valence-electron chi connectivity index (χ1n) is 5.89. The molecular formula is C13H16N2O4. The molecule has 1 saturated carbocycles. The van der Waals surface area contributed by atoms with Crippen molar-refractivity contribution in [3.05, 3.63) is 0 Å². The van der Waals surface area contributed by atoms with E-state index >= 15 is 0 Å². The summed E-state index contributed by atoms with van der Waals surface area (Å²) in [6.45, 7) is 3.43. The van der Waals surface area contributed by atoms with Crippen LogP contribution >= 0.6 is 0 Å². The molecule has 6 heteroatoms. The summed E-state index contributed by atoms with van der Waals surface area (Å²) >= 11 is 0. The van der Waals surface area contributed by atoms with Crippen LogP contribution in [0.5, 0.6) is 0 Å². The lowest BCUT2D eigenvalue weighted by Gasteiger charge is -2.12. The summed E-state index contributed by atoms with van der Waals surface area (Å²) < 4.78 is 9.28. The quantitative estimate of drug-likeness (QED) is 0.706. The molecule has 0 heterocycles. The minimum absolute atomic E-state index is 0.373. The van der Waals surface area contributed by atoms with Gasteiger partial charge in [-0.25, -0.2) is 0 Å². The summed E-state index contributed by atoms with van der Waals surface area (Å²) in [6.07, 6.45) is 0.996. The molecule has 6 nitrogen and oxygen atoms in total. The molecule has 2 atom stereocenters. The number of rotatable bonds is 4. The Morgan fingerprint density at radius 3 is 1.63 bits per heavy atom. The molecule has 0 aromatic rings. The van der Waals surface area contributed by atoms with Crippen LogP contribution in [0, 0.1) is 38.9 Å². The van der Waals surface area contributed by atoms with E-state index in [-0.39, 0.29) is 0 Å². The summed E-state index contributed by atoms with van der Waals surface area (Å²) in [5.41, 5.74) is -4.70. The molecule has 1 rings (SSSR count). The number of hydrogen-bond donors (Lipinski definition) is 0. The molecule has 0 aromatic carbocycles. The number of carbonyl (C=O) groups excluding carboxylic acids is 2. The van der Waals surface area contributed by atoms with Gasteiger partial charge in [-0.3, -0.25) is 9.59 Å². The molecular weight excluding hydrogens is 248 g/mol. The minimum atomic E-state index is -1.80. The van der Waals surface area contributed by atoms with Gasteiger partial charge in [0.15, 0.2) is 10.8 Å². The van der Waals surface area contributed by atoms with Crippen LogP contribution in [0.1, 0.15) is 26.7 Å². The van der Waals surface area contributed by atoms with Gasteiger partial charge in [-0.1, -0.05) is 20.3 Å². The lowest BCUT2D eigenvalue weighted by atomic mass is 9.90. The highest BCUT2D eigenvalue weighted by atomic mass is 16.5. The Labute approximate surface area is 111 Å². The molecule has 0 radical (unpaired) electrons. The van der Waals surface area contributed by atoms with Gasteiger partial charge in [0, 0.05) is 5.41 Å². The molecule has 2 unspecified atom stereocenters. The van der Waals surface area contributed by atoms with Gasteiger partial charge in [0.2, 0.25) is 0 Å². The molecule has 1 aliphatic carbocycles. The molecule has 0 amide bonds. The Morgan fingerprint density at radius 1 is 1.05 bits per heavy atom. The van der Waals surface area contributed by atoms with Crippen molar-refractivity contribution in [3.8, 4) is 12.1 Å². The zero-order valence-electron chi connectivity index (χ0n) is 11.4. The van der Waals surface area contributed by atoms with E-state index in [1.54, 1.807) is 6.92 Å². The van der Waals surface area contributed by atoms with Gasteiger partial charge >= 0.3 is 11.9 Å². The van der Waals surface area contributed by atoms with Gasteiger partial charge in [0.05, 0.1) is 26.4 Å². The SMILES string of the molecule is CCCC1(C)C(C#N)(C(=O)OC)C1(C#N)C(=O)OC. The number of carbonyl (C=O) groups is 2. The van der Waals surface area contributed by atoms with Crippen LogP contribution in [0.3, 0.4) is 0 Å². The molecule has 0 saturated heterocycles. The summed E-state index contributed by atoms with van der Waals surface area (Å²) in [7, 11) is 2.26. The van der Waals surface area contributed by atoms with Crippen LogP contribution in [0.4, 0.5) is 0 Å². The zero-order valence-corrected chi connectivity index (χ0v) is 11.4. The molecule has 19 heavy (non-hydrogen) atoms. The fourth-order valence-electron chi connectivity index (χ4n) is 3.23. The molecule has 1 fully saturated rings. The summed E-state index contributed by atoms with van der Waals surface area (Å²) in [5.74, 6) is -1.73. The van der Waals surface area contributed by atoms with Crippen molar-refractivity contribution in [3.63, 3.8) is 0 Å². The van der Waals surface area contributed by atoms with E-state index in [1.807, 2.05) is 19.1 Å². The van der Waals surface area contributed by atoms with E-state index in [0.717, 1.165) is 14.2 Å². The van der Waals surface area contributed by atoms with Gasteiger partial charge in [-0.15, -0.1) is 0 Å². The highest BCUT2D eigenvalue weighted by molar-refractivity contribution is 6.02. The van der Waals surface area contributed by atoms with Gasteiger partial charge in [0.25, 0.3) is 0 Å². The van der Waals surface area contributed by atoms with Crippen molar-refractivity contribution in [2.24, 2.45) is 16.2 Å². The molecule has 0 N–H and O–H groups in total. The third-order valence-electron chi connectivity index (χ3n) is 4.22. The molecule has 0 aliphatic heterocycles. The van der Waals surface area contributed by atoms with Crippen LogP contribution in [0.15, 0.2) is 0 Å². The Kier molecular flexibility index (Phi) is 3.58. The van der Waals surface area contributed by atoms with E-state index in [0.29, 0.717) is 12.8 Å². The zero-order chi connectivity index (χ0) is 14.9. The van der Waals surface area contributed by atoms with Crippen molar-refractivity contribution in [2.75, 3.05) is 14.2 Å². The third-order valence-corrected chi connectivity index (χ3v) is 4.22. The maximum absolute atomic E-state index is 12.0. The average Bonchev–Trinajstić information content (AvgIpc) is 2.91. The number of hydrogen-bond acceptors (Lipinski definition) is 6. The summed E-state index contributed by atoms with van der Waals surface area (Å²) in [4.78, 5) is 24.0. The first-order chi connectivity index (χ1) is 8.89. The number of methoxy groups -OCH3 is 2. The van der Waals surface area contributed by atoms with Gasteiger partial charge in [-0.2, -0.15) is 10.5 Å². The van der Waals surface area contributed by atoms with Gasteiger partial charge in [0.1, 0.15) is 0 Å². The maximum atomic E-state index is 12.0. The Morgan fingerprint density at radius 2 is 1.42 bits per heavy atom. The van der Waals surface area contributed by atoms with Crippen LogP contribution in [-0.4, -0.2) is 26.2 Å². The van der Waals surface area contributed by atoms with Crippen LogP contribution in [0.25, 0.3) is 0 Å². The monoisotopic (exact) mass is 264 g/mol. The predicted octanol–water partition coefficient (Wildman–Crippen LogP) is 1.17. The van der Waals surface area contributed by atoms with Gasteiger partial charge < -0.3 is 9.47 Å². The second-order valence-electron chi connectivity index (χ2n) is 4.79. The summed E-state index contributed by atoms with van der Waals surface area (Å²) in [6, 6.07) is 3.68. The standard InChI is InChI=1S/C13H16N2O4/c1-5-6-11(2)12(7-14,9(16)18-3)13(11,8-15)10(17)19-4/h5-6H2,1-4H3. The van der Waals surface area contributed by atoms with E-state index < -0.39 is 28.2 Å². The molecule has 0 spiro atoms. The first-order valence-corrected chi connectivity index (χ1v) is 5.89. The second kappa shape index (κ2) is 4.55. The number of esters is 2. The van der Waals surface area contributed by atoms with Crippen molar-refractivity contribution >= 4 is 11.9 Å². The van der Waals surface area contributed by atoms with Crippen molar-refractivity contribution in [1.29, 1.82) is 10.5 Å². The third kappa shape index (κ3) is 1.29. The number of nitrogens with zero attached hydrogens (tertiary/aromatic N) is 2. The van der Waals surface area contributed by atoms with Crippen molar-refractivity contribution in [1.82, 2.24) is 0 Å². The number of ether oxygens (including phenoxy) is 2. The van der Waals surface area contributed by atoms with E-state index in [2.05, 4.69) is 9.47 Å². The average molecular weight is 264 g/mol. The highest BCUT2D eigenvalue weighted by Crippen LogP contribution is 2.80. The van der Waals surface area contributed by atoms with E-state index in [4.69, 9.17) is 0 Å². The fourth-order valence-corrected chi connectivity index (χ4v) is 3.23. The molecule has 1 aliphatic rings. The minimum Gasteiger partial charge on any atom is -0.468 e. The summed E-state index contributed by atoms with van der Waals surface area (Å²) in [5, 5.41) is 18.8. The van der Waals surface area contributed by atoms with E-state index in [1.165, 1.54) is 0 Å². The van der Waals surface area contributed by atoms with Crippen LogP contribution in [-0.2, 0) is 19.1 Å². The van der Waals surface area contributed by atoms with Crippen molar-refractivity contribution < 1.29 is 19.1 Å². The molecule has 102 valence electrons. The maximum Gasteiger partial charge on any atom is 0.329 e. The topological polar surface area (TPSA) is 100 Å². The predicted molar refractivity (Wildman–Crippen MR) is 63.1 cm³/mol. The second-order valence-corrected chi connectivity index (χ2v) is 4.79. The molecule has 0 aromatic heterocycles. The Hall–Kier alpha value is -2.08. The normalized spacial score (nSPS) is 35.7. The smallest absolute Gasteiger partial charge is 0.329 e. The number of nitriles is 2. The van der Waals surface area contributed by atoms with E-state index in [9.17, 15) is 20.1 Å². The molecule has 0 bridgehead atoms. The lowest BCUT2D eigenvalue weighted by Crippen LogP contribution is -2.29. The lowest BCUT2D eigenvalue weighted by molar-refractivity contribution is -0.153. The first kappa shape index (κ1) is 15.0. The van der Waals surface area contributed by atoms with Crippen LogP contribution < -0.4 is 0 Å². The fraction of sp³-hybridized carbons (Fsp3) is 0.692. The highest BCUT2D eigenvalue weighted by Gasteiger charge is 2.94. The van der Waals surface area contributed by atoms with Crippen molar-refractivity contribution in [2.45, 2.75) is 26.7 Å².